The number of halogens is 1. The summed E-state index contributed by atoms with van der Waals surface area (Å²) in [6.07, 6.45) is 1.42. The van der Waals surface area contributed by atoms with Crippen LogP contribution in [0.25, 0.3) is 5.69 Å². The Bertz CT molecular complexity index is 1340. The minimum absolute atomic E-state index is 0.0183. The molecule has 0 aliphatic heterocycles. The lowest BCUT2D eigenvalue weighted by molar-refractivity contribution is 0.0943. The zero-order valence-electron chi connectivity index (χ0n) is 18.7. The van der Waals surface area contributed by atoms with Gasteiger partial charge in [0.05, 0.1) is 11.9 Å². The van der Waals surface area contributed by atoms with Crippen molar-refractivity contribution in [2.45, 2.75) is 19.9 Å². The molecule has 0 radical (unpaired) electrons. The number of benzene rings is 3. The molecule has 1 amide bonds. The third kappa shape index (κ3) is 5.29. The van der Waals surface area contributed by atoms with Crippen LogP contribution in [0.1, 0.15) is 24.2 Å². The van der Waals surface area contributed by atoms with Crippen LogP contribution in [0.3, 0.4) is 0 Å². The lowest BCUT2D eigenvalue weighted by Gasteiger charge is -2.15. The Morgan fingerprint density at radius 1 is 0.971 bits per heavy atom. The maximum Gasteiger partial charge on any atom is 0.299 e. The lowest BCUT2D eigenvalue weighted by Crippen LogP contribution is -2.30. The van der Waals surface area contributed by atoms with Crippen molar-refractivity contribution in [3.8, 4) is 17.2 Å². The SMILES string of the molecule is CC(C)NC(=O)c1ccc(Nc2c(Oc3ccccc3)cnn(-c3ccc(F)cc3)c2=O)cc1. The summed E-state index contributed by atoms with van der Waals surface area (Å²) in [6.45, 7) is 3.77. The normalized spacial score (nSPS) is 10.7. The van der Waals surface area contributed by atoms with Gasteiger partial charge in [-0.2, -0.15) is 9.78 Å². The van der Waals surface area contributed by atoms with Gasteiger partial charge in [0.15, 0.2) is 11.4 Å². The summed E-state index contributed by atoms with van der Waals surface area (Å²) in [5.74, 6) is 0.154. The van der Waals surface area contributed by atoms with Crippen molar-refractivity contribution in [2.75, 3.05) is 5.32 Å². The van der Waals surface area contributed by atoms with Gasteiger partial charge in [-0.3, -0.25) is 9.59 Å². The van der Waals surface area contributed by atoms with Crippen LogP contribution in [-0.4, -0.2) is 21.7 Å². The van der Waals surface area contributed by atoms with Crippen LogP contribution < -0.4 is 20.9 Å². The number of nitrogens with one attached hydrogen (secondary N) is 2. The van der Waals surface area contributed by atoms with E-state index in [1.54, 1.807) is 36.4 Å². The Labute approximate surface area is 195 Å². The van der Waals surface area contributed by atoms with E-state index in [1.807, 2.05) is 32.0 Å². The molecule has 34 heavy (non-hydrogen) atoms. The molecule has 0 saturated heterocycles. The molecule has 0 spiro atoms. The second-order valence-corrected chi connectivity index (χ2v) is 7.82. The molecule has 7 nitrogen and oxygen atoms in total. The minimum Gasteiger partial charge on any atom is -0.453 e. The number of ether oxygens (including phenoxy) is 1. The molecule has 2 N–H and O–H groups in total. The van der Waals surface area contributed by atoms with Gasteiger partial charge >= 0.3 is 0 Å². The van der Waals surface area contributed by atoms with Crippen molar-refractivity contribution in [2.24, 2.45) is 0 Å². The molecule has 1 heterocycles. The van der Waals surface area contributed by atoms with Crippen molar-refractivity contribution in [1.82, 2.24) is 15.1 Å². The highest BCUT2D eigenvalue weighted by molar-refractivity contribution is 5.94. The predicted octanol–water partition coefficient (Wildman–Crippen LogP) is 5.05. The molecule has 0 aliphatic carbocycles. The average molecular weight is 458 g/mol. The van der Waals surface area contributed by atoms with E-state index in [0.717, 1.165) is 4.68 Å². The number of nitrogens with zero attached hydrogens (tertiary/aromatic N) is 2. The summed E-state index contributed by atoms with van der Waals surface area (Å²) in [7, 11) is 0. The van der Waals surface area contributed by atoms with E-state index in [-0.39, 0.29) is 23.4 Å². The summed E-state index contributed by atoms with van der Waals surface area (Å²) in [4.78, 5) is 25.6. The van der Waals surface area contributed by atoms with Gasteiger partial charge in [0.25, 0.3) is 11.5 Å². The van der Waals surface area contributed by atoms with Gasteiger partial charge in [-0.1, -0.05) is 18.2 Å². The molecule has 0 atom stereocenters. The zero-order chi connectivity index (χ0) is 24.1. The topological polar surface area (TPSA) is 85.2 Å². The number of anilines is 2. The van der Waals surface area contributed by atoms with Gasteiger partial charge in [-0.25, -0.2) is 4.39 Å². The first-order chi connectivity index (χ1) is 16.4. The highest BCUT2D eigenvalue weighted by Crippen LogP contribution is 2.28. The molecular weight excluding hydrogens is 435 g/mol. The molecule has 0 fully saturated rings. The summed E-state index contributed by atoms with van der Waals surface area (Å²) >= 11 is 0. The molecule has 8 heteroatoms. The number of amides is 1. The smallest absolute Gasteiger partial charge is 0.299 e. The molecule has 4 aromatic rings. The first-order valence-corrected chi connectivity index (χ1v) is 10.7. The Kier molecular flexibility index (Phi) is 6.68. The fourth-order valence-electron chi connectivity index (χ4n) is 3.21. The Hall–Kier alpha value is -4.46. The molecule has 4 rings (SSSR count). The van der Waals surface area contributed by atoms with Crippen LogP contribution in [0.4, 0.5) is 15.8 Å². The molecular formula is C26H23FN4O3. The molecule has 0 unspecified atom stereocenters. The molecule has 1 aromatic heterocycles. The highest BCUT2D eigenvalue weighted by Gasteiger charge is 2.16. The largest absolute Gasteiger partial charge is 0.453 e. The van der Waals surface area contributed by atoms with E-state index in [4.69, 9.17) is 4.74 Å². The maximum absolute atomic E-state index is 13.4. The first kappa shape index (κ1) is 22.7. The van der Waals surface area contributed by atoms with E-state index < -0.39 is 11.4 Å². The van der Waals surface area contributed by atoms with E-state index in [0.29, 0.717) is 22.7 Å². The summed E-state index contributed by atoms with van der Waals surface area (Å²) in [5.41, 5.74) is 1.14. The van der Waals surface area contributed by atoms with Crippen molar-refractivity contribution in [3.05, 3.63) is 107 Å². The van der Waals surface area contributed by atoms with Crippen LogP contribution in [0.15, 0.2) is 89.9 Å². The van der Waals surface area contributed by atoms with Crippen molar-refractivity contribution < 1.29 is 13.9 Å². The summed E-state index contributed by atoms with van der Waals surface area (Å²) in [5, 5.41) is 10.1. The van der Waals surface area contributed by atoms with Crippen molar-refractivity contribution >= 4 is 17.3 Å². The summed E-state index contributed by atoms with van der Waals surface area (Å²) < 4.78 is 20.4. The number of aromatic nitrogens is 2. The van der Waals surface area contributed by atoms with Crippen LogP contribution in [0.2, 0.25) is 0 Å². The van der Waals surface area contributed by atoms with E-state index in [9.17, 15) is 14.0 Å². The maximum atomic E-state index is 13.4. The molecule has 0 saturated carbocycles. The monoisotopic (exact) mass is 458 g/mol. The average Bonchev–Trinajstić information content (AvgIpc) is 2.83. The van der Waals surface area contributed by atoms with Crippen LogP contribution in [0.5, 0.6) is 11.5 Å². The number of carbonyl (C=O) groups is 1. The predicted molar refractivity (Wildman–Crippen MR) is 129 cm³/mol. The number of rotatable bonds is 7. The van der Waals surface area contributed by atoms with Crippen molar-refractivity contribution in [1.29, 1.82) is 0 Å². The minimum atomic E-state index is -0.485. The van der Waals surface area contributed by atoms with Gasteiger partial charge in [-0.15, -0.1) is 0 Å². The Morgan fingerprint density at radius 2 is 1.65 bits per heavy atom. The first-order valence-electron chi connectivity index (χ1n) is 10.7. The van der Waals surface area contributed by atoms with E-state index in [1.165, 1.54) is 30.5 Å². The van der Waals surface area contributed by atoms with E-state index >= 15 is 0 Å². The van der Waals surface area contributed by atoms with Gasteiger partial charge in [0, 0.05) is 17.3 Å². The molecule has 172 valence electrons. The standard InChI is InChI=1S/C26H23FN4O3/c1-17(2)29-25(32)18-8-12-20(13-9-18)30-24-23(34-22-6-4-3-5-7-22)16-28-31(26(24)33)21-14-10-19(27)11-15-21/h3-17,30H,1-2H3,(H,29,32). The molecule has 3 aromatic carbocycles. The molecule has 0 aliphatic rings. The Morgan fingerprint density at radius 3 is 2.29 bits per heavy atom. The fourth-order valence-corrected chi connectivity index (χ4v) is 3.21. The third-order valence-electron chi connectivity index (χ3n) is 4.82. The fraction of sp³-hybridized carbons (Fsp3) is 0.115. The van der Waals surface area contributed by atoms with Crippen LogP contribution >= 0.6 is 0 Å². The number of para-hydroxylation sites is 1. The van der Waals surface area contributed by atoms with Crippen molar-refractivity contribution in [3.63, 3.8) is 0 Å². The van der Waals surface area contributed by atoms with E-state index in [2.05, 4.69) is 15.7 Å². The van der Waals surface area contributed by atoms with Crippen LogP contribution in [0, 0.1) is 5.82 Å². The number of carbonyl (C=O) groups excluding carboxylic acids is 1. The number of hydrogen-bond donors (Lipinski definition) is 2. The highest BCUT2D eigenvalue weighted by atomic mass is 19.1. The van der Waals surface area contributed by atoms with Gasteiger partial charge in [0.1, 0.15) is 11.6 Å². The molecule has 0 bridgehead atoms. The second-order valence-electron chi connectivity index (χ2n) is 7.82. The lowest BCUT2D eigenvalue weighted by atomic mass is 10.2. The van der Waals surface area contributed by atoms with Gasteiger partial charge in [0.2, 0.25) is 0 Å². The quantitative estimate of drug-likeness (QED) is 0.405. The number of hydrogen-bond acceptors (Lipinski definition) is 5. The second kappa shape index (κ2) is 9.99. The van der Waals surface area contributed by atoms with Gasteiger partial charge < -0.3 is 15.4 Å². The third-order valence-corrected chi connectivity index (χ3v) is 4.82. The van der Waals surface area contributed by atoms with Crippen LogP contribution in [-0.2, 0) is 0 Å². The Balaban J connectivity index is 1.70. The van der Waals surface area contributed by atoms with Gasteiger partial charge in [-0.05, 0) is 74.5 Å². The zero-order valence-corrected chi connectivity index (χ0v) is 18.7. The summed E-state index contributed by atoms with van der Waals surface area (Å²) in [6, 6.07) is 21.2.